The summed E-state index contributed by atoms with van der Waals surface area (Å²) in [6.07, 6.45) is -0.691. The molecule has 4 rings (SSSR count). The maximum Gasteiger partial charge on any atom is 0.328 e. The highest BCUT2D eigenvalue weighted by atomic mass is 35.5. The Kier molecular flexibility index (Phi) is 4.49. The molecule has 0 bridgehead atoms. The van der Waals surface area contributed by atoms with Gasteiger partial charge in [0.15, 0.2) is 12.2 Å². The molecule has 2 atom stereocenters. The highest BCUT2D eigenvalue weighted by Gasteiger charge is 2.56. The lowest BCUT2D eigenvalue weighted by atomic mass is 10.1. The molecular weight excluding hydrogens is 398 g/mol. The third kappa shape index (κ3) is 2.76. The SMILES string of the molecule is COC(=O)CN1C(=O)C2C(N=C3N(c4cccc(Cl)c4)C(C)=C(C)N32)N(C)C1=O. The molecule has 10 heteroatoms. The number of hydrogen-bond donors (Lipinski definition) is 0. The van der Waals surface area contributed by atoms with Crippen molar-refractivity contribution < 1.29 is 19.1 Å². The lowest BCUT2D eigenvalue weighted by Gasteiger charge is -2.40. The molecule has 0 spiro atoms. The predicted octanol–water partition coefficient (Wildman–Crippen LogP) is 1.84. The van der Waals surface area contributed by atoms with Gasteiger partial charge in [0.25, 0.3) is 5.91 Å². The zero-order valence-electron chi connectivity index (χ0n) is 16.4. The zero-order valence-corrected chi connectivity index (χ0v) is 17.2. The molecule has 0 aromatic heterocycles. The number of methoxy groups -OCH3 is 1. The Bertz CT molecular complexity index is 991. The average molecular weight is 418 g/mol. The van der Waals surface area contributed by atoms with Crippen molar-refractivity contribution in [3.63, 3.8) is 0 Å². The van der Waals surface area contributed by atoms with Crippen molar-refractivity contribution in [2.75, 3.05) is 25.6 Å². The molecule has 0 saturated carbocycles. The van der Waals surface area contributed by atoms with Crippen molar-refractivity contribution in [1.29, 1.82) is 0 Å². The van der Waals surface area contributed by atoms with Gasteiger partial charge >= 0.3 is 12.0 Å². The van der Waals surface area contributed by atoms with Crippen LogP contribution in [-0.2, 0) is 14.3 Å². The highest BCUT2D eigenvalue weighted by molar-refractivity contribution is 6.31. The average Bonchev–Trinajstić information content (AvgIpc) is 3.19. The van der Waals surface area contributed by atoms with Crippen LogP contribution in [0.5, 0.6) is 0 Å². The number of esters is 1. The number of anilines is 1. The molecule has 3 amide bonds. The van der Waals surface area contributed by atoms with Crippen molar-refractivity contribution in [2.24, 2.45) is 4.99 Å². The largest absolute Gasteiger partial charge is 0.468 e. The lowest BCUT2D eigenvalue weighted by Crippen LogP contribution is -2.65. The second kappa shape index (κ2) is 6.77. The number of hydrogen-bond acceptors (Lipinski definition) is 7. The van der Waals surface area contributed by atoms with Crippen LogP contribution in [0.1, 0.15) is 13.8 Å². The number of amides is 3. The molecule has 3 aliphatic rings. The van der Waals surface area contributed by atoms with Crippen LogP contribution in [0.25, 0.3) is 0 Å². The summed E-state index contributed by atoms with van der Waals surface area (Å²) in [7, 11) is 2.78. The van der Waals surface area contributed by atoms with E-state index in [4.69, 9.17) is 16.6 Å². The fraction of sp³-hybridized carbons (Fsp3) is 0.368. The fourth-order valence-electron chi connectivity index (χ4n) is 3.88. The summed E-state index contributed by atoms with van der Waals surface area (Å²) in [5.74, 6) is -0.601. The van der Waals surface area contributed by atoms with Crippen molar-refractivity contribution in [1.82, 2.24) is 14.7 Å². The third-order valence-corrected chi connectivity index (χ3v) is 5.71. The summed E-state index contributed by atoms with van der Waals surface area (Å²) < 4.78 is 4.63. The smallest absolute Gasteiger partial charge is 0.328 e. The van der Waals surface area contributed by atoms with Crippen LogP contribution in [0.15, 0.2) is 40.7 Å². The number of carbonyl (C=O) groups excluding carboxylic acids is 3. The molecule has 3 heterocycles. The number of likely N-dealkylation sites (N-methyl/N-ethyl adjacent to an activating group) is 1. The number of benzene rings is 1. The van der Waals surface area contributed by atoms with Crippen molar-refractivity contribution >= 4 is 41.2 Å². The maximum absolute atomic E-state index is 13.2. The second-order valence-corrected chi connectivity index (χ2v) is 7.47. The molecule has 1 saturated heterocycles. The molecule has 0 radical (unpaired) electrons. The predicted molar refractivity (Wildman–Crippen MR) is 106 cm³/mol. The van der Waals surface area contributed by atoms with E-state index in [-0.39, 0.29) is 0 Å². The first kappa shape index (κ1) is 19.3. The van der Waals surface area contributed by atoms with E-state index in [0.717, 1.165) is 22.0 Å². The van der Waals surface area contributed by atoms with Crippen LogP contribution >= 0.6 is 11.6 Å². The number of allylic oxidation sites excluding steroid dienone is 2. The summed E-state index contributed by atoms with van der Waals surface area (Å²) in [6.45, 7) is 3.39. The van der Waals surface area contributed by atoms with Gasteiger partial charge in [0.05, 0.1) is 12.8 Å². The first-order valence-electron chi connectivity index (χ1n) is 9.01. The Hall–Kier alpha value is -3.07. The number of carbonyl (C=O) groups is 3. The Morgan fingerprint density at radius 2 is 1.97 bits per heavy atom. The second-order valence-electron chi connectivity index (χ2n) is 7.04. The Morgan fingerprint density at radius 1 is 1.24 bits per heavy atom. The topological polar surface area (TPSA) is 85.8 Å². The van der Waals surface area contributed by atoms with E-state index >= 15 is 0 Å². The van der Waals surface area contributed by atoms with Gasteiger partial charge in [-0.05, 0) is 32.0 Å². The van der Waals surface area contributed by atoms with Crippen LogP contribution in [-0.4, -0.2) is 71.5 Å². The number of aliphatic imine (C=N–C) groups is 1. The van der Waals surface area contributed by atoms with E-state index in [9.17, 15) is 14.4 Å². The quantitative estimate of drug-likeness (QED) is 0.698. The van der Waals surface area contributed by atoms with E-state index in [1.54, 1.807) is 13.1 Å². The minimum atomic E-state index is -0.753. The summed E-state index contributed by atoms with van der Waals surface area (Å²) >= 11 is 6.17. The van der Waals surface area contributed by atoms with Gasteiger partial charge in [-0.15, -0.1) is 0 Å². The first-order valence-corrected chi connectivity index (χ1v) is 9.39. The van der Waals surface area contributed by atoms with E-state index in [1.807, 2.05) is 41.8 Å². The minimum Gasteiger partial charge on any atom is -0.468 e. The number of imide groups is 1. The molecule has 1 aromatic carbocycles. The van der Waals surface area contributed by atoms with Gasteiger partial charge in [-0.3, -0.25) is 24.3 Å². The number of fused-ring (bicyclic) bond motifs is 3. The highest BCUT2D eigenvalue weighted by Crippen LogP contribution is 2.40. The monoisotopic (exact) mass is 417 g/mol. The fourth-order valence-corrected chi connectivity index (χ4v) is 4.06. The molecule has 0 N–H and O–H groups in total. The van der Waals surface area contributed by atoms with Crippen molar-refractivity contribution in [3.05, 3.63) is 40.7 Å². The van der Waals surface area contributed by atoms with E-state index in [1.165, 1.54) is 12.0 Å². The molecule has 1 aromatic rings. The summed E-state index contributed by atoms with van der Waals surface area (Å²) in [5, 5.41) is 0.579. The van der Waals surface area contributed by atoms with Crippen LogP contribution < -0.4 is 4.90 Å². The Morgan fingerprint density at radius 3 is 2.62 bits per heavy atom. The van der Waals surface area contributed by atoms with Crippen LogP contribution in [0.3, 0.4) is 0 Å². The number of urea groups is 1. The molecule has 3 aliphatic heterocycles. The minimum absolute atomic E-state index is 0.440. The first-order chi connectivity index (χ1) is 13.8. The normalized spacial score (nSPS) is 23.6. The molecule has 1 fully saturated rings. The number of ether oxygens (including phenoxy) is 1. The van der Waals surface area contributed by atoms with Crippen LogP contribution in [0, 0.1) is 0 Å². The summed E-state index contributed by atoms with van der Waals surface area (Å²) in [5.41, 5.74) is 2.55. The van der Waals surface area contributed by atoms with Crippen LogP contribution in [0.2, 0.25) is 5.02 Å². The van der Waals surface area contributed by atoms with Gasteiger partial charge in [-0.2, -0.15) is 0 Å². The number of nitrogens with zero attached hydrogens (tertiary/aromatic N) is 5. The Balaban J connectivity index is 1.75. The van der Waals surface area contributed by atoms with Crippen molar-refractivity contribution in [3.8, 4) is 0 Å². The molecule has 0 aliphatic carbocycles. The molecular formula is C19H20ClN5O4. The summed E-state index contributed by atoms with van der Waals surface area (Å²) in [6, 6.07) is 5.99. The summed E-state index contributed by atoms with van der Waals surface area (Å²) in [4.78, 5) is 48.3. The Labute approximate surface area is 172 Å². The van der Waals surface area contributed by atoms with Gasteiger partial charge in [-0.25, -0.2) is 9.79 Å². The van der Waals surface area contributed by atoms with Gasteiger partial charge in [0.2, 0.25) is 5.96 Å². The molecule has 29 heavy (non-hydrogen) atoms. The van der Waals surface area contributed by atoms with Gasteiger partial charge in [0.1, 0.15) is 6.54 Å². The standard InChI is InChI=1S/C19H20ClN5O4/c1-10-11(2)25-15-16(21-18(25)24(10)13-7-5-6-12(20)8-13)22(3)19(28)23(17(15)27)9-14(26)29-4/h5-8,15-16H,9H2,1-4H3. The lowest BCUT2D eigenvalue weighted by molar-refractivity contribution is -0.148. The van der Waals surface area contributed by atoms with Gasteiger partial charge in [-0.1, -0.05) is 17.7 Å². The van der Waals surface area contributed by atoms with E-state index < -0.39 is 36.7 Å². The van der Waals surface area contributed by atoms with Crippen LogP contribution in [0.4, 0.5) is 10.5 Å². The number of rotatable bonds is 3. The molecule has 2 unspecified atom stereocenters. The van der Waals surface area contributed by atoms with Crippen molar-refractivity contribution in [2.45, 2.75) is 26.1 Å². The third-order valence-electron chi connectivity index (χ3n) is 5.47. The zero-order chi connectivity index (χ0) is 21.0. The number of halogens is 1. The maximum atomic E-state index is 13.2. The molecule has 152 valence electrons. The van der Waals surface area contributed by atoms with E-state index in [0.29, 0.717) is 11.0 Å². The van der Waals surface area contributed by atoms with Gasteiger partial charge in [0, 0.05) is 23.5 Å². The van der Waals surface area contributed by atoms with E-state index in [2.05, 4.69) is 4.74 Å². The number of guanidine groups is 1. The molecule has 9 nitrogen and oxygen atoms in total. The van der Waals surface area contributed by atoms with Gasteiger partial charge < -0.3 is 9.64 Å².